The van der Waals surface area contributed by atoms with E-state index in [1.807, 2.05) is 0 Å². The summed E-state index contributed by atoms with van der Waals surface area (Å²) in [6.45, 7) is 0. The molecule has 0 aliphatic carbocycles. The Hall–Kier alpha value is -0.420. The van der Waals surface area contributed by atoms with Crippen LogP contribution in [-0.2, 0) is 11.5 Å². The van der Waals surface area contributed by atoms with Crippen LogP contribution in [-0.4, -0.2) is 0 Å². The molecule has 0 nitrogen and oxygen atoms in total. The van der Waals surface area contributed by atoms with Crippen molar-refractivity contribution in [1.29, 1.82) is 0 Å². The molecule has 0 spiro atoms. The summed E-state index contributed by atoms with van der Waals surface area (Å²) in [6.07, 6.45) is -4.42. The van der Waals surface area contributed by atoms with Crippen LogP contribution in [0, 0.1) is 0 Å². The second-order valence-corrected chi connectivity index (χ2v) is 6.06. The molecule has 7 heteroatoms. The summed E-state index contributed by atoms with van der Waals surface area (Å²) in [5.74, 6) is 0. The van der Waals surface area contributed by atoms with Gasteiger partial charge in [0.25, 0.3) is 0 Å². The van der Waals surface area contributed by atoms with E-state index in [1.54, 1.807) is 6.07 Å². The first-order chi connectivity index (χ1) is 9.72. The van der Waals surface area contributed by atoms with Crippen molar-refractivity contribution in [3.8, 4) is 11.1 Å². The van der Waals surface area contributed by atoms with Gasteiger partial charge in [0.05, 0.1) is 20.6 Å². The van der Waals surface area contributed by atoms with E-state index in [0.29, 0.717) is 22.0 Å². The third kappa shape index (κ3) is 3.86. The van der Waals surface area contributed by atoms with Crippen LogP contribution in [0.1, 0.15) is 11.1 Å². The van der Waals surface area contributed by atoms with Gasteiger partial charge in [-0.05, 0) is 41.0 Å². The Kier molecular flexibility index (Phi) is 5.14. The first kappa shape index (κ1) is 16.9. The number of halogens is 7. The normalized spacial score (nSPS) is 11.8. The molecule has 2 aromatic rings. The third-order valence-electron chi connectivity index (χ3n) is 2.79. The number of hydrogen-bond donors (Lipinski definition) is 0. The molecule has 0 unspecified atom stereocenters. The average Bonchev–Trinajstić information content (AvgIpc) is 2.42. The molecule has 0 radical (unpaired) electrons. The van der Waals surface area contributed by atoms with E-state index in [2.05, 4.69) is 15.9 Å². The Bertz CT molecular complexity index is 661. The minimum absolute atomic E-state index is 0.176. The molecule has 0 atom stereocenters. The molecular formula is C14H7BrCl3F3. The number of hydrogen-bond acceptors (Lipinski definition) is 0. The topological polar surface area (TPSA) is 0 Å². The maximum atomic E-state index is 12.9. The predicted molar refractivity (Wildman–Crippen MR) is 84.5 cm³/mol. The summed E-state index contributed by atoms with van der Waals surface area (Å²) in [6, 6.07) is 6.77. The van der Waals surface area contributed by atoms with Gasteiger partial charge in [0, 0.05) is 5.33 Å². The summed E-state index contributed by atoms with van der Waals surface area (Å²) in [5, 5.41) is 0.864. The predicted octanol–water partition coefficient (Wildman–Crippen LogP) is 7.23. The Balaban J connectivity index is 2.63. The second kappa shape index (κ2) is 6.37. The van der Waals surface area contributed by atoms with E-state index < -0.39 is 11.7 Å². The Labute approximate surface area is 142 Å². The van der Waals surface area contributed by atoms with Gasteiger partial charge in [0.1, 0.15) is 0 Å². The van der Waals surface area contributed by atoms with Gasteiger partial charge in [-0.1, -0.05) is 56.8 Å². The fraction of sp³-hybridized carbons (Fsp3) is 0.143. The second-order valence-electron chi connectivity index (χ2n) is 4.30. The Morgan fingerprint density at radius 2 is 1.38 bits per heavy atom. The Morgan fingerprint density at radius 3 is 1.86 bits per heavy atom. The number of alkyl halides is 4. The van der Waals surface area contributed by atoms with Gasteiger partial charge in [-0.3, -0.25) is 0 Å². The average molecular weight is 418 g/mol. The van der Waals surface area contributed by atoms with Crippen molar-refractivity contribution < 1.29 is 13.2 Å². The van der Waals surface area contributed by atoms with Crippen molar-refractivity contribution in [2.45, 2.75) is 11.5 Å². The molecule has 0 fully saturated rings. The van der Waals surface area contributed by atoms with E-state index >= 15 is 0 Å². The van der Waals surface area contributed by atoms with Gasteiger partial charge in [0.2, 0.25) is 0 Å². The van der Waals surface area contributed by atoms with Gasteiger partial charge >= 0.3 is 6.18 Å². The SMILES string of the molecule is FC(F)(F)c1cc(CBr)cc(-c2cc(Cl)c(Cl)c(Cl)c2)c1. The lowest BCUT2D eigenvalue weighted by atomic mass is 10.00. The fourth-order valence-electron chi connectivity index (χ4n) is 1.82. The van der Waals surface area contributed by atoms with Crippen LogP contribution in [0.25, 0.3) is 11.1 Å². The van der Waals surface area contributed by atoms with Crippen LogP contribution in [0.2, 0.25) is 15.1 Å². The number of rotatable bonds is 2. The molecule has 2 aromatic carbocycles. The highest BCUT2D eigenvalue weighted by Crippen LogP contribution is 2.38. The maximum Gasteiger partial charge on any atom is 0.416 e. The van der Waals surface area contributed by atoms with Crippen molar-refractivity contribution in [2.24, 2.45) is 0 Å². The lowest BCUT2D eigenvalue weighted by Gasteiger charge is -2.12. The van der Waals surface area contributed by atoms with Gasteiger partial charge < -0.3 is 0 Å². The Morgan fingerprint density at radius 1 is 0.857 bits per heavy atom. The smallest absolute Gasteiger partial charge is 0.166 e. The van der Waals surface area contributed by atoms with Gasteiger partial charge in [0.15, 0.2) is 0 Å². The molecule has 0 aliphatic rings. The molecule has 0 aromatic heterocycles. The summed E-state index contributed by atoms with van der Waals surface area (Å²) in [7, 11) is 0. The van der Waals surface area contributed by atoms with E-state index in [9.17, 15) is 13.2 Å². The molecule has 0 heterocycles. The van der Waals surface area contributed by atoms with Crippen LogP contribution in [0.3, 0.4) is 0 Å². The zero-order valence-electron chi connectivity index (χ0n) is 10.2. The van der Waals surface area contributed by atoms with E-state index in [0.717, 1.165) is 12.1 Å². The van der Waals surface area contributed by atoms with Crippen molar-refractivity contribution in [1.82, 2.24) is 0 Å². The molecule has 0 saturated heterocycles. The van der Waals surface area contributed by atoms with Crippen LogP contribution in [0.4, 0.5) is 13.2 Å². The summed E-state index contributed by atoms with van der Waals surface area (Å²) >= 11 is 20.9. The summed E-state index contributed by atoms with van der Waals surface area (Å²) in [5.41, 5.74) is 0.626. The minimum Gasteiger partial charge on any atom is -0.166 e. The zero-order chi connectivity index (χ0) is 15.8. The molecule has 0 amide bonds. The molecule has 0 N–H and O–H groups in total. The molecule has 112 valence electrons. The van der Waals surface area contributed by atoms with Crippen LogP contribution in [0.5, 0.6) is 0 Å². The largest absolute Gasteiger partial charge is 0.416 e. The molecule has 2 rings (SSSR count). The molecule has 0 aliphatic heterocycles. The maximum absolute atomic E-state index is 12.9. The lowest BCUT2D eigenvalue weighted by Crippen LogP contribution is -2.05. The fourth-order valence-corrected chi connectivity index (χ4v) is 2.74. The van der Waals surface area contributed by atoms with Crippen molar-refractivity contribution in [3.05, 3.63) is 56.5 Å². The van der Waals surface area contributed by atoms with Crippen LogP contribution < -0.4 is 0 Å². The quantitative estimate of drug-likeness (QED) is 0.357. The molecule has 21 heavy (non-hydrogen) atoms. The summed E-state index contributed by atoms with van der Waals surface area (Å²) in [4.78, 5) is 0. The first-order valence-electron chi connectivity index (χ1n) is 5.64. The van der Waals surface area contributed by atoms with E-state index in [-0.39, 0.29) is 15.1 Å². The highest BCUT2D eigenvalue weighted by atomic mass is 79.9. The van der Waals surface area contributed by atoms with E-state index in [4.69, 9.17) is 34.8 Å². The zero-order valence-corrected chi connectivity index (χ0v) is 14.1. The van der Waals surface area contributed by atoms with Crippen molar-refractivity contribution >= 4 is 50.7 Å². The lowest BCUT2D eigenvalue weighted by molar-refractivity contribution is -0.137. The van der Waals surface area contributed by atoms with Crippen LogP contribution in [0.15, 0.2) is 30.3 Å². The molecular weight excluding hydrogens is 411 g/mol. The highest BCUT2D eigenvalue weighted by Gasteiger charge is 2.31. The van der Waals surface area contributed by atoms with Gasteiger partial charge in [-0.2, -0.15) is 13.2 Å². The van der Waals surface area contributed by atoms with E-state index in [1.165, 1.54) is 12.1 Å². The first-order valence-corrected chi connectivity index (χ1v) is 7.90. The van der Waals surface area contributed by atoms with Crippen LogP contribution >= 0.6 is 50.7 Å². The minimum atomic E-state index is -4.42. The highest BCUT2D eigenvalue weighted by molar-refractivity contribution is 9.08. The van der Waals surface area contributed by atoms with Crippen molar-refractivity contribution in [3.63, 3.8) is 0 Å². The summed E-state index contributed by atoms with van der Waals surface area (Å²) < 4.78 is 38.8. The van der Waals surface area contributed by atoms with Gasteiger partial charge in [-0.15, -0.1) is 0 Å². The van der Waals surface area contributed by atoms with Gasteiger partial charge in [-0.25, -0.2) is 0 Å². The third-order valence-corrected chi connectivity index (χ3v) is 4.64. The standard InChI is InChI=1S/C14H7BrCl3F3/c15-6-7-1-8(3-10(2-7)14(19,20)21)9-4-11(16)13(18)12(17)5-9/h1-5H,6H2. The molecule has 0 saturated carbocycles. The molecule has 0 bridgehead atoms. The monoisotopic (exact) mass is 416 g/mol. The number of benzene rings is 2. The van der Waals surface area contributed by atoms with Crippen molar-refractivity contribution in [2.75, 3.05) is 0 Å².